The lowest BCUT2D eigenvalue weighted by molar-refractivity contribution is 0.301. The highest BCUT2D eigenvalue weighted by Gasteiger charge is 2.15. The molecule has 0 amide bonds. The Morgan fingerprint density at radius 3 is 2.78 bits per heavy atom. The van der Waals surface area contributed by atoms with Gasteiger partial charge in [-0.25, -0.2) is 4.98 Å². The molecule has 0 aliphatic heterocycles. The van der Waals surface area contributed by atoms with Gasteiger partial charge in [-0.3, -0.25) is 0 Å². The van der Waals surface area contributed by atoms with Crippen molar-refractivity contribution >= 4 is 23.0 Å². The van der Waals surface area contributed by atoms with Crippen LogP contribution in [0.25, 0.3) is 0 Å². The van der Waals surface area contributed by atoms with Crippen molar-refractivity contribution in [2.75, 3.05) is 24.6 Å². The quantitative estimate of drug-likeness (QED) is 0.735. The van der Waals surface area contributed by atoms with E-state index in [9.17, 15) is 0 Å². The van der Waals surface area contributed by atoms with Crippen LogP contribution >= 0.6 is 12.2 Å². The second-order valence-corrected chi connectivity index (χ2v) is 4.69. The topological polar surface area (TPSA) is 62.4 Å². The summed E-state index contributed by atoms with van der Waals surface area (Å²) < 4.78 is 0. The monoisotopic (exact) mass is 267 g/mol. The summed E-state index contributed by atoms with van der Waals surface area (Å²) in [4.78, 5) is 6.78. The third-order valence-corrected chi connectivity index (χ3v) is 3.04. The van der Waals surface area contributed by atoms with E-state index in [-0.39, 0.29) is 6.61 Å². The minimum absolute atomic E-state index is 0.0934. The van der Waals surface area contributed by atoms with Gasteiger partial charge < -0.3 is 15.7 Å². The predicted molar refractivity (Wildman–Crippen MR) is 79.1 cm³/mol. The van der Waals surface area contributed by atoms with E-state index in [4.69, 9.17) is 23.1 Å². The molecule has 0 aromatic carbocycles. The van der Waals surface area contributed by atoms with Gasteiger partial charge in [0.05, 0.1) is 12.2 Å². The fraction of sp³-hybridized carbons (Fsp3) is 0.538. The number of aliphatic hydroxyl groups is 1. The molecule has 3 N–H and O–H groups in total. The van der Waals surface area contributed by atoms with Crippen LogP contribution in [0, 0.1) is 6.92 Å². The first-order chi connectivity index (χ1) is 8.61. The molecule has 0 atom stereocenters. The second kappa shape index (κ2) is 7.28. The molecule has 0 saturated heterocycles. The number of rotatable bonds is 7. The Kier molecular flexibility index (Phi) is 6.01. The highest BCUT2D eigenvalue weighted by molar-refractivity contribution is 7.80. The van der Waals surface area contributed by atoms with Gasteiger partial charge >= 0.3 is 0 Å². The molecule has 18 heavy (non-hydrogen) atoms. The van der Waals surface area contributed by atoms with Crippen molar-refractivity contribution in [2.24, 2.45) is 5.73 Å². The van der Waals surface area contributed by atoms with E-state index in [1.807, 2.05) is 17.9 Å². The van der Waals surface area contributed by atoms with Crippen molar-refractivity contribution in [3.05, 3.63) is 23.4 Å². The van der Waals surface area contributed by atoms with Gasteiger partial charge in [0.1, 0.15) is 10.8 Å². The van der Waals surface area contributed by atoms with E-state index in [1.165, 1.54) is 0 Å². The normalized spacial score (nSPS) is 10.4. The standard InChI is InChI=1S/C13H21N3OS/c1-3-4-7-16(8-9-17)13-11(12(14)18)10(2)5-6-15-13/h5-6,17H,3-4,7-9H2,1-2H3,(H2,14,18). The van der Waals surface area contributed by atoms with E-state index in [2.05, 4.69) is 11.9 Å². The Bertz CT molecular complexity index is 409. The summed E-state index contributed by atoms with van der Waals surface area (Å²) in [5, 5.41) is 9.16. The Labute approximate surface area is 114 Å². The smallest absolute Gasteiger partial charge is 0.139 e. The number of unbranched alkanes of at least 4 members (excludes halogenated alkanes) is 1. The summed E-state index contributed by atoms with van der Waals surface area (Å²) in [7, 11) is 0. The van der Waals surface area contributed by atoms with Crippen LogP contribution in [0.5, 0.6) is 0 Å². The van der Waals surface area contributed by atoms with Gasteiger partial charge in [-0.05, 0) is 25.0 Å². The first kappa shape index (κ1) is 14.9. The van der Waals surface area contributed by atoms with Crippen LogP contribution in [0.15, 0.2) is 12.3 Å². The number of anilines is 1. The number of nitrogens with two attached hydrogens (primary N) is 1. The van der Waals surface area contributed by atoms with Gasteiger partial charge in [-0.15, -0.1) is 0 Å². The van der Waals surface area contributed by atoms with Crippen LogP contribution < -0.4 is 10.6 Å². The fourth-order valence-electron chi connectivity index (χ4n) is 1.88. The Morgan fingerprint density at radius 2 is 2.22 bits per heavy atom. The molecular formula is C13H21N3OS. The summed E-state index contributed by atoms with van der Waals surface area (Å²) in [6.07, 6.45) is 3.89. The van der Waals surface area contributed by atoms with E-state index >= 15 is 0 Å². The van der Waals surface area contributed by atoms with Crippen LogP contribution in [-0.4, -0.2) is 34.8 Å². The van der Waals surface area contributed by atoms with Gasteiger partial charge in [0, 0.05) is 19.3 Å². The zero-order valence-electron chi connectivity index (χ0n) is 11.0. The van der Waals surface area contributed by atoms with E-state index < -0.39 is 0 Å². The number of nitrogens with zero attached hydrogens (tertiary/aromatic N) is 2. The number of aryl methyl sites for hydroxylation is 1. The maximum Gasteiger partial charge on any atom is 0.139 e. The van der Waals surface area contributed by atoms with Gasteiger partial charge in [-0.2, -0.15) is 0 Å². The molecule has 0 bridgehead atoms. The van der Waals surface area contributed by atoms with Gasteiger partial charge in [0.2, 0.25) is 0 Å². The summed E-state index contributed by atoms with van der Waals surface area (Å²) in [6.45, 7) is 5.59. The maximum atomic E-state index is 9.16. The van der Waals surface area contributed by atoms with E-state index in [0.717, 1.165) is 36.3 Å². The Hall–Kier alpha value is -1.20. The van der Waals surface area contributed by atoms with Gasteiger partial charge in [0.25, 0.3) is 0 Å². The van der Waals surface area contributed by atoms with E-state index in [0.29, 0.717) is 11.5 Å². The summed E-state index contributed by atoms with van der Waals surface area (Å²) >= 11 is 5.10. The van der Waals surface area contributed by atoms with Crippen molar-refractivity contribution in [3.63, 3.8) is 0 Å². The van der Waals surface area contributed by atoms with Crippen molar-refractivity contribution in [3.8, 4) is 0 Å². The SMILES string of the molecule is CCCCN(CCO)c1nccc(C)c1C(N)=S. The van der Waals surface area contributed by atoms with Crippen LogP contribution in [0.2, 0.25) is 0 Å². The van der Waals surface area contributed by atoms with Gasteiger partial charge in [0.15, 0.2) is 0 Å². The molecule has 4 nitrogen and oxygen atoms in total. The van der Waals surface area contributed by atoms with Crippen molar-refractivity contribution in [2.45, 2.75) is 26.7 Å². The Balaban J connectivity index is 3.10. The third kappa shape index (κ3) is 3.65. The zero-order chi connectivity index (χ0) is 13.5. The number of aromatic nitrogens is 1. The summed E-state index contributed by atoms with van der Waals surface area (Å²) in [5.74, 6) is 0.782. The van der Waals surface area contributed by atoms with Crippen molar-refractivity contribution in [1.82, 2.24) is 4.98 Å². The molecule has 1 rings (SSSR count). The molecule has 1 aromatic heterocycles. The molecule has 0 aliphatic carbocycles. The molecule has 0 unspecified atom stereocenters. The molecule has 0 spiro atoms. The molecule has 0 saturated carbocycles. The molecule has 0 radical (unpaired) electrons. The molecule has 5 heteroatoms. The minimum Gasteiger partial charge on any atom is -0.395 e. The highest BCUT2D eigenvalue weighted by atomic mass is 32.1. The number of thiocarbonyl (C=S) groups is 1. The second-order valence-electron chi connectivity index (χ2n) is 4.25. The third-order valence-electron chi connectivity index (χ3n) is 2.84. The molecule has 0 aliphatic rings. The van der Waals surface area contributed by atoms with Gasteiger partial charge in [-0.1, -0.05) is 25.6 Å². The van der Waals surface area contributed by atoms with Crippen LogP contribution in [0.3, 0.4) is 0 Å². The Morgan fingerprint density at radius 1 is 1.50 bits per heavy atom. The zero-order valence-corrected chi connectivity index (χ0v) is 11.8. The maximum absolute atomic E-state index is 9.16. The number of hydrogen-bond acceptors (Lipinski definition) is 4. The molecule has 0 fully saturated rings. The molecular weight excluding hydrogens is 246 g/mol. The minimum atomic E-state index is 0.0934. The largest absolute Gasteiger partial charge is 0.395 e. The predicted octanol–water partition coefficient (Wildman–Crippen LogP) is 1.62. The van der Waals surface area contributed by atoms with Crippen molar-refractivity contribution in [1.29, 1.82) is 0 Å². The first-order valence-corrected chi connectivity index (χ1v) is 6.63. The summed E-state index contributed by atoms with van der Waals surface area (Å²) in [6, 6.07) is 1.90. The lowest BCUT2D eigenvalue weighted by Crippen LogP contribution is -2.31. The number of hydrogen-bond donors (Lipinski definition) is 2. The fourth-order valence-corrected chi connectivity index (χ4v) is 2.13. The van der Waals surface area contributed by atoms with Crippen LogP contribution in [0.1, 0.15) is 30.9 Å². The van der Waals surface area contributed by atoms with Crippen LogP contribution in [-0.2, 0) is 0 Å². The first-order valence-electron chi connectivity index (χ1n) is 6.23. The molecule has 1 heterocycles. The number of pyridine rings is 1. The van der Waals surface area contributed by atoms with E-state index in [1.54, 1.807) is 6.20 Å². The average Bonchev–Trinajstić information content (AvgIpc) is 2.33. The molecule has 100 valence electrons. The average molecular weight is 267 g/mol. The summed E-state index contributed by atoms with van der Waals surface area (Å²) in [5.41, 5.74) is 7.62. The number of aliphatic hydroxyl groups excluding tert-OH is 1. The van der Waals surface area contributed by atoms with Crippen molar-refractivity contribution < 1.29 is 5.11 Å². The lowest BCUT2D eigenvalue weighted by atomic mass is 10.1. The van der Waals surface area contributed by atoms with Crippen LogP contribution in [0.4, 0.5) is 5.82 Å². The molecule has 1 aromatic rings. The lowest BCUT2D eigenvalue weighted by Gasteiger charge is -2.25. The highest BCUT2D eigenvalue weighted by Crippen LogP contribution is 2.21.